The number of nitrogens with zero attached hydrogens (tertiary/aromatic N) is 3. The zero-order valence-corrected chi connectivity index (χ0v) is 14.6. The van der Waals surface area contributed by atoms with Gasteiger partial charge in [-0.3, -0.25) is 4.90 Å². The van der Waals surface area contributed by atoms with Crippen LogP contribution in [0.5, 0.6) is 5.75 Å². The molecule has 1 aromatic heterocycles. The summed E-state index contributed by atoms with van der Waals surface area (Å²) >= 11 is 0. The summed E-state index contributed by atoms with van der Waals surface area (Å²) in [5.74, 6) is 2.82. The molecule has 0 bridgehead atoms. The van der Waals surface area contributed by atoms with Crippen LogP contribution in [-0.4, -0.2) is 45.9 Å². The van der Waals surface area contributed by atoms with E-state index in [1.807, 2.05) is 31.2 Å². The van der Waals surface area contributed by atoms with Gasteiger partial charge in [-0.25, -0.2) is 0 Å². The highest BCUT2D eigenvalue weighted by molar-refractivity contribution is 5.27. The monoisotopic (exact) mass is 343 g/mol. The molecule has 4 rings (SSSR count). The molecule has 2 atom stereocenters. The molecule has 0 amide bonds. The van der Waals surface area contributed by atoms with Crippen molar-refractivity contribution < 1.29 is 14.4 Å². The predicted molar refractivity (Wildman–Crippen MR) is 92.5 cm³/mol. The van der Waals surface area contributed by atoms with Crippen LogP contribution in [0.25, 0.3) is 0 Å². The molecule has 0 radical (unpaired) electrons. The number of rotatable bonds is 7. The fourth-order valence-corrected chi connectivity index (χ4v) is 3.44. The van der Waals surface area contributed by atoms with Gasteiger partial charge in [0.05, 0.1) is 6.04 Å². The van der Waals surface area contributed by atoms with Gasteiger partial charge in [0, 0.05) is 12.5 Å². The molecule has 2 heterocycles. The maximum Gasteiger partial charge on any atom is 0.229 e. The average molecular weight is 343 g/mol. The van der Waals surface area contributed by atoms with E-state index in [2.05, 4.69) is 15.0 Å². The third-order valence-electron chi connectivity index (χ3n) is 4.92. The van der Waals surface area contributed by atoms with Gasteiger partial charge in [-0.15, -0.1) is 0 Å². The van der Waals surface area contributed by atoms with E-state index in [-0.39, 0.29) is 12.6 Å². The Morgan fingerprint density at radius 1 is 1.36 bits per heavy atom. The van der Waals surface area contributed by atoms with E-state index in [1.165, 1.54) is 0 Å². The quantitative estimate of drug-likeness (QED) is 0.833. The first kappa shape index (κ1) is 16.5. The van der Waals surface area contributed by atoms with Crippen molar-refractivity contribution in [3.05, 3.63) is 41.5 Å². The Bertz CT molecular complexity index is 713. The number of aryl methyl sites for hydroxylation is 1. The summed E-state index contributed by atoms with van der Waals surface area (Å²) in [6.07, 6.45) is 3.87. The van der Waals surface area contributed by atoms with E-state index < -0.39 is 6.10 Å². The zero-order valence-electron chi connectivity index (χ0n) is 14.6. The van der Waals surface area contributed by atoms with Gasteiger partial charge in [0.25, 0.3) is 0 Å². The number of aliphatic hydroxyl groups is 1. The van der Waals surface area contributed by atoms with Gasteiger partial charge < -0.3 is 14.4 Å². The lowest BCUT2D eigenvalue weighted by atomic mass is 10.2. The first-order chi connectivity index (χ1) is 12.2. The summed E-state index contributed by atoms with van der Waals surface area (Å²) in [5, 5.41) is 14.6. The van der Waals surface area contributed by atoms with Crippen LogP contribution in [-0.2, 0) is 0 Å². The van der Waals surface area contributed by atoms with Gasteiger partial charge in [0.2, 0.25) is 5.89 Å². The van der Waals surface area contributed by atoms with Crippen molar-refractivity contribution >= 4 is 0 Å². The van der Waals surface area contributed by atoms with Crippen molar-refractivity contribution in [2.45, 2.75) is 50.7 Å². The van der Waals surface area contributed by atoms with Gasteiger partial charge >= 0.3 is 0 Å². The summed E-state index contributed by atoms with van der Waals surface area (Å²) in [5.41, 5.74) is 1.15. The Labute approximate surface area is 147 Å². The smallest absolute Gasteiger partial charge is 0.229 e. The summed E-state index contributed by atoms with van der Waals surface area (Å²) in [7, 11) is 0. The van der Waals surface area contributed by atoms with Crippen LogP contribution in [0.2, 0.25) is 0 Å². The molecule has 1 saturated heterocycles. The molecule has 134 valence electrons. The molecule has 1 N–H and O–H groups in total. The SMILES string of the molecule is Cc1cccc(OC[C@H](O)CN2CCC[C@@H]2c2noc(C3CC3)n2)c1. The number of hydrogen-bond acceptors (Lipinski definition) is 6. The molecule has 25 heavy (non-hydrogen) atoms. The molecule has 0 unspecified atom stereocenters. The highest BCUT2D eigenvalue weighted by Gasteiger charge is 2.34. The van der Waals surface area contributed by atoms with E-state index in [9.17, 15) is 5.11 Å². The normalized spacial score (nSPS) is 22.2. The summed E-state index contributed by atoms with van der Waals surface area (Å²) in [6, 6.07) is 8.02. The van der Waals surface area contributed by atoms with Crippen LogP contribution >= 0.6 is 0 Å². The van der Waals surface area contributed by atoms with Crippen LogP contribution in [0.3, 0.4) is 0 Å². The minimum atomic E-state index is -0.545. The summed E-state index contributed by atoms with van der Waals surface area (Å²) in [4.78, 5) is 6.82. The molecule has 1 aliphatic heterocycles. The third kappa shape index (κ3) is 4.02. The molecule has 2 aliphatic rings. The second kappa shape index (κ2) is 7.14. The second-order valence-electron chi connectivity index (χ2n) is 7.20. The number of ether oxygens (including phenoxy) is 1. The van der Waals surface area contributed by atoms with Crippen LogP contribution in [0.15, 0.2) is 28.8 Å². The fraction of sp³-hybridized carbons (Fsp3) is 0.579. The second-order valence-corrected chi connectivity index (χ2v) is 7.20. The highest BCUT2D eigenvalue weighted by Crippen LogP contribution is 2.40. The lowest BCUT2D eigenvalue weighted by molar-refractivity contribution is 0.0623. The fourth-order valence-electron chi connectivity index (χ4n) is 3.44. The first-order valence-corrected chi connectivity index (χ1v) is 9.14. The van der Waals surface area contributed by atoms with Gasteiger partial charge in [0.15, 0.2) is 5.82 Å². The molecule has 6 heteroatoms. The van der Waals surface area contributed by atoms with Crippen LogP contribution in [0.4, 0.5) is 0 Å². The van der Waals surface area contributed by atoms with Gasteiger partial charge in [0.1, 0.15) is 18.5 Å². The Hall–Kier alpha value is -1.92. The third-order valence-corrected chi connectivity index (χ3v) is 4.92. The minimum Gasteiger partial charge on any atom is -0.491 e. The minimum absolute atomic E-state index is 0.143. The first-order valence-electron chi connectivity index (χ1n) is 9.14. The summed E-state index contributed by atoms with van der Waals surface area (Å²) in [6.45, 7) is 3.81. The van der Waals surface area contributed by atoms with E-state index in [0.29, 0.717) is 12.5 Å². The van der Waals surface area contributed by atoms with E-state index in [4.69, 9.17) is 9.26 Å². The van der Waals surface area contributed by atoms with Crippen LogP contribution < -0.4 is 4.74 Å². The topological polar surface area (TPSA) is 71.6 Å². The molecule has 2 fully saturated rings. The molecule has 1 aliphatic carbocycles. The maximum atomic E-state index is 10.4. The van der Waals surface area contributed by atoms with Crippen molar-refractivity contribution in [2.75, 3.05) is 19.7 Å². The van der Waals surface area contributed by atoms with Crippen molar-refractivity contribution in [1.82, 2.24) is 15.0 Å². The average Bonchev–Trinajstić information content (AvgIpc) is 3.15. The van der Waals surface area contributed by atoms with Gasteiger partial charge in [-0.2, -0.15) is 4.98 Å². The zero-order chi connectivity index (χ0) is 17.2. The predicted octanol–water partition coefficient (Wildman–Crippen LogP) is 2.83. The van der Waals surface area contributed by atoms with Gasteiger partial charge in [-0.05, 0) is 56.8 Å². The molecule has 1 aromatic carbocycles. The van der Waals surface area contributed by atoms with Crippen LogP contribution in [0, 0.1) is 6.92 Å². The van der Waals surface area contributed by atoms with E-state index in [1.54, 1.807) is 0 Å². The lowest BCUT2D eigenvalue weighted by Gasteiger charge is -2.24. The van der Waals surface area contributed by atoms with Crippen molar-refractivity contribution in [1.29, 1.82) is 0 Å². The largest absolute Gasteiger partial charge is 0.491 e. The molecule has 2 aromatic rings. The van der Waals surface area contributed by atoms with E-state index in [0.717, 1.165) is 55.3 Å². The number of β-amino-alcohol motifs (C(OH)–C–C–N with tert-alkyl or cyclic N) is 1. The van der Waals surface area contributed by atoms with Crippen molar-refractivity contribution in [3.63, 3.8) is 0 Å². The standard InChI is InChI=1S/C19H25N3O3/c1-13-4-2-5-16(10-13)24-12-15(23)11-22-9-3-6-17(22)18-20-19(25-21-18)14-7-8-14/h2,4-5,10,14-15,17,23H,3,6-9,11-12H2,1H3/t15-,17-/m1/s1. The number of aliphatic hydroxyl groups excluding tert-OH is 1. The Kier molecular flexibility index (Phi) is 4.72. The van der Waals surface area contributed by atoms with Gasteiger partial charge in [-0.1, -0.05) is 17.3 Å². The Morgan fingerprint density at radius 2 is 2.24 bits per heavy atom. The number of hydrogen-bond donors (Lipinski definition) is 1. The molecule has 1 saturated carbocycles. The molecular formula is C19H25N3O3. The van der Waals surface area contributed by atoms with Crippen molar-refractivity contribution in [2.24, 2.45) is 0 Å². The Morgan fingerprint density at radius 3 is 3.04 bits per heavy atom. The van der Waals surface area contributed by atoms with Crippen molar-refractivity contribution in [3.8, 4) is 5.75 Å². The number of aromatic nitrogens is 2. The number of benzene rings is 1. The summed E-state index contributed by atoms with van der Waals surface area (Å²) < 4.78 is 11.1. The van der Waals surface area contributed by atoms with Crippen LogP contribution in [0.1, 0.15) is 54.9 Å². The highest BCUT2D eigenvalue weighted by atomic mass is 16.5. The lowest BCUT2D eigenvalue weighted by Crippen LogP contribution is -2.35. The Balaban J connectivity index is 1.32. The maximum absolute atomic E-state index is 10.4. The van der Waals surface area contributed by atoms with E-state index >= 15 is 0 Å². The molecule has 6 nitrogen and oxygen atoms in total. The molecule has 0 spiro atoms. The number of likely N-dealkylation sites (tertiary alicyclic amines) is 1. The molecular weight excluding hydrogens is 318 g/mol.